The molecule has 3 atom stereocenters. The second-order valence-corrected chi connectivity index (χ2v) is 5.63. The Bertz CT molecular complexity index is 544. The van der Waals surface area contributed by atoms with E-state index in [4.69, 9.17) is 5.73 Å². The second kappa shape index (κ2) is 4.69. The first kappa shape index (κ1) is 11.7. The van der Waals surface area contributed by atoms with Crippen LogP contribution in [0.25, 0.3) is 10.8 Å². The SMILES string of the molecule is CC1CCC(N)C(c2cccc3cnccc23)C1. The van der Waals surface area contributed by atoms with E-state index in [-0.39, 0.29) is 0 Å². The number of benzene rings is 1. The monoisotopic (exact) mass is 240 g/mol. The van der Waals surface area contributed by atoms with Crippen LogP contribution in [0.3, 0.4) is 0 Å². The van der Waals surface area contributed by atoms with Gasteiger partial charge in [-0.15, -0.1) is 0 Å². The van der Waals surface area contributed by atoms with Crippen molar-refractivity contribution < 1.29 is 0 Å². The molecular weight excluding hydrogens is 220 g/mol. The normalized spacial score (nSPS) is 28.4. The van der Waals surface area contributed by atoms with E-state index in [1.807, 2.05) is 12.4 Å². The third-order valence-electron chi connectivity index (χ3n) is 4.28. The molecule has 1 heterocycles. The Balaban J connectivity index is 2.07. The Morgan fingerprint density at radius 2 is 2.11 bits per heavy atom. The minimum Gasteiger partial charge on any atom is -0.327 e. The molecule has 18 heavy (non-hydrogen) atoms. The summed E-state index contributed by atoms with van der Waals surface area (Å²) < 4.78 is 0. The molecule has 1 fully saturated rings. The van der Waals surface area contributed by atoms with Crippen molar-refractivity contribution in [1.82, 2.24) is 4.98 Å². The molecule has 0 aliphatic heterocycles. The van der Waals surface area contributed by atoms with Gasteiger partial charge in [-0.25, -0.2) is 0 Å². The Morgan fingerprint density at radius 3 is 3.00 bits per heavy atom. The highest BCUT2D eigenvalue weighted by atomic mass is 14.7. The largest absolute Gasteiger partial charge is 0.327 e. The van der Waals surface area contributed by atoms with Gasteiger partial charge in [-0.1, -0.05) is 25.1 Å². The van der Waals surface area contributed by atoms with E-state index in [1.54, 1.807) is 0 Å². The van der Waals surface area contributed by atoms with Crippen molar-refractivity contribution in [1.29, 1.82) is 0 Å². The van der Waals surface area contributed by atoms with Crippen LogP contribution in [0.2, 0.25) is 0 Å². The summed E-state index contributed by atoms with van der Waals surface area (Å²) in [7, 11) is 0. The van der Waals surface area contributed by atoms with Crippen molar-refractivity contribution in [3.05, 3.63) is 42.2 Å². The molecule has 2 N–H and O–H groups in total. The maximum Gasteiger partial charge on any atom is 0.0346 e. The summed E-state index contributed by atoms with van der Waals surface area (Å²) >= 11 is 0. The van der Waals surface area contributed by atoms with Crippen molar-refractivity contribution in [2.75, 3.05) is 0 Å². The van der Waals surface area contributed by atoms with Crippen LogP contribution < -0.4 is 5.73 Å². The van der Waals surface area contributed by atoms with Crippen molar-refractivity contribution in [3.63, 3.8) is 0 Å². The van der Waals surface area contributed by atoms with E-state index < -0.39 is 0 Å². The highest BCUT2D eigenvalue weighted by Crippen LogP contribution is 2.37. The first-order valence-electron chi connectivity index (χ1n) is 6.84. The number of nitrogens with two attached hydrogens (primary N) is 1. The number of fused-ring (bicyclic) bond motifs is 1. The fourth-order valence-electron chi connectivity index (χ4n) is 3.23. The van der Waals surface area contributed by atoms with Gasteiger partial charge in [0.1, 0.15) is 0 Å². The molecule has 2 nitrogen and oxygen atoms in total. The van der Waals surface area contributed by atoms with Crippen molar-refractivity contribution in [3.8, 4) is 0 Å². The molecule has 1 saturated carbocycles. The fraction of sp³-hybridized carbons (Fsp3) is 0.438. The van der Waals surface area contributed by atoms with Crippen LogP contribution in [0.15, 0.2) is 36.7 Å². The average molecular weight is 240 g/mol. The maximum atomic E-state index is 6.35. The Labute approximate surface area is 108 Å². The molecule has 2 aromatic rings. The fourth-order valence-corrected chi connectivity index (χ4v) is 3.23. The summed E-state index contributed by atoms with van der Waals surface area (Å²) in [6.45, 7) is 2.34. The molecule has 3 unspecified atom stereocenters. The number of hydrogen-bond donors (Lipinski definition) is 1. The minimum atomic E-state index is 0.306. The summed E-state index contributed by atoms with van der Waals surface area (Å²) in [4.78, 5) is 4.20. The maximum absolute atomic E-state index is 6.35. The third-order valence-corrected chi connectivity index (χ3v) is 4.28. The van der Waals surface area contributed by atoms with Gasteiger partial charge in [0.2, 0.25) is 0 Å². The molecule has 0 spiro atoms. The number of pyridine rings is 1. The van der Waals surface area contributed by atoms with Gasteiger partial charge < -0.3 is 5.73 Å². The topological polar surface area (TPSA) is 38.9 Å². The van der Waals surface area contributed by atoms with Gasteiger partial charge in [-0.05, 0) is 48.1 Å². The predicted octanol–water partition coefficient (Wildman–Crippen LogP) is 3.47. The van der Waals surface area contributed by atoms with Crippen LogP contribution in [-0.2, 0) is 0 Å². The number of rotatable bonds is 1. The van der Waals surface area contributed by atoms with E-state index in [0.29, 0.717) is 12.0 Å². The lowest BCUT2D eigenvalue weighted by Crippen LogP contribution is -2.34. The zero-order valence-corrected chi connectivity index (χ0v) is 10.8. The highest BCUT2D eigenvalue weighted by Gasteiger charge is 2.28. The average Bonchev–Trinajstić information content (AvgIpc) is 2.41. The van der Waals surface area contributed by atoms with E-state index in [9.17, 15) is 0 Å². The van der Waals surface area contributed by atoms with E-state index in [1.165, 1.54) is 29.2 Å². The van der Waals surface area contributed by atoms with Crippen LogP contribution in [0.5, 0.6) is 0 Å². The zero-order chi connectivity index (χ0) is 12.5. The lowest BCUT2D eigenvalue weighted by molar-refractivity contribution is 0.307. The van der Waals surface area contributed by atoms with Gasteiger partial charge in [0, 0.05) is 23.8 Å². The zero-order valence-electron chi connectivity index (χ0n) is 10.8. The standard InChI is InChI=1S/C16H20N2/c1-11-5-6-16(17)15(9-11)14-4-2-3-12-10-18-8-7-13(12)14/h2-4,7-8,10-11,15-16H,5-6,9,17H2,1H3. The van der Waals surface area contributed by atoms with Gasteiger partial charge in [0.25, 0.3) is 0 Å². The molecule has 3 rings (SSSR count). The summed E-state index contributed by atoms with van der Waals surface area (Å²) in [5.41, 5.74) is 7.76. The molecule has 2 heteroatoms. The number of aromatic nitrogens is 1. The van der Waals surface area contributed by atoms with E-state index in [0.717, 1.165) is 12.3 Å². The molecule has 0 amide bonds. The van der Waals surface area contributed by atoms with Gasteiger partial charge in [0.15, 0.2) is 0 Å². The van der Waals surface area contributed by atoms with Gasteiger partial charge in [-0.3, -0.25) is 4.98 Å². The first-order chi connectivity index (χ1) is 8.75. The van der Waals surface area contributed by atoms with Gasteiger partial charge >= 0.3 is 0 Å². The predicted molar refractivity (Wildman–Crippen MR) is 75.5 cm³/mol. The Hall–Kier alpha value is -1.41. The highest BCUT2D eigenvalue weighted by molar-refractivity contribution is 5.85. The Morgan fingerprint density at radius 1 is 1.22 bits per heavy atom. The molecule has 94 valence electrons. The molecular formula is C16H20N2. The van der Waals surface area contributed by atoms with Crippen LogP contribution in [0.4, 0.5) is 0 Å². The third kappa shape index (κ3) is 2.01. The van der Waals surface area contributed by atoms with Crippen molar-refractivity contribution >= 4 is 10.8 Å². The number of hydrogen-bond acceptors (Lipinski definition) is 2. The molecule has 1 aromatic heterocycles. The molecule has 0 radical (unpaired) electrons. The summed E-state index contributed by atoms with van der Waals surface area (Å²) in [6.07, 6.45) is 7.44. The molecule has 1 aromatic carbocycles. The number of nitrogens with zero attached hydrogens (tertiary/aromatic N) is 1. The van der Waals surface area contributed by atoms with E-state index >= 15 is 0 Å². The molecule has 0 bridgehead atoms. The van der Waals surface area contributed by atoms with E-state index in [2.05, 4.69) is 36.2 Å². The quantitative estimate of drug-likeness (QED) is 0.829. The minimum absolute atomic E-state index is 0.306. The van der Waals surface area contributed by atoms with Crippen LogP contribution in [0, 0.1) is 5.92 Å². The molecule has 1 aliphatic carbocycles. The smallest absolute Gasteiger partial charge is 0.0346 e. The van der Waals surface area contributed by atoms with Crippen LogP contribution in [0.1, 0.15) is 37.7 Å². The summed E-state index contributed by atoms with van der Waals surface area (Å²) in [5.74, 6) is 1.28. The first-order valence-corrected chi connectivity index (χ1v) is 6.84. The van der Waals surface area contributed by atoms with Crippen molar-refractivity contribution in [2.24, 2.45) is 11.7 Å². The second-order valence-electron chi connectivity index (χ2n) is 5.63. The van der Waals surface area contributed by atoms with Crippen molar-refractivity contribution in [2.45, 2.75) is 38.1 Å². The van der Waals surface area contributed by atoms with Gasteiger partial charge in [0.05, 0.1) is 0 Å². The summed E-state index contributed by atoms with van der Waals surface area (Å²) in [5, 5.41) is 2.54. The van der Waals surface area contributed by atoms with Crippen LogP contribution >= 0.6 is 0 Å². The van der Waals surface area contributed by atoms with Crippen LogP contribution in [-0.4, -0.2) is 11.0 Å². The van der Waals surface area contributed by atoms with Gasteiger partial charge in [-0.2, -0.15) is 0 Å². The molecule has 0 saturated heterocycles. The Kier molecular flexibility index (Phi) is 3.04. The summed E-state index contributed by atoms with van der Waals surface area (Å²) in [6, 6.07) is 8.93. The lowest BCUT2D eigenvalue weighted by atomic mass is 9.75. The molecule has 1 aliphatic rings. The lowest BCUT2D eigenvalue weighted by Gasteiger charge is -2.33.